The van der Waals surface area contributed by atoms with Crippen molar-refractivity contribution < 1.29 is 113 Å². The van der Waals surface area contributed by atoms with E-state index in [1.54, 1.807) is 87.4 Å². The number of pyridine rings is 4. The first-order valence-corrected chi connectivity index (χ1v) is 40.0. The molecule has 0 bridgehead atoms. The first kappa shape index (κ1) is 91.6. The summed E-state index contributed by atoms with van der Waals surface area (Å²) in [6.45, 7) is 5.72. The van der Waals surface area contributed by atoms with E-state index >= 15 is 0 Å². The molecule has 17 rings (SSSR count). The van der Waals surface area contributed by atoms with Crippen molar-refractivity contribution in [3.63, 3.8) is 0 Å². The fourth-order valence-corrected chi connectivity index (χ4v) is 15.1. The van der Waals surface area contributed by atoms with Gasteiger partial charge in [-0.05, 0) is 100 Å². The summed E-state index contributed by atoms with van der Waals surface area (Å²) in [5, 5.41) is 15.0. The molecule has 1 amide bonds. The van der Waals surface area contributed by atoms with Gasteiger partial charge >= 0.3 is 30.9 Å². The van der Waals surface area contributed by atoms with Crippen molar-refractivity contribution in [2.45, 2.75) is 141 Å². The highest BCUT2D eigenvalue weighted by Crippen LogP contribution is 2.40. The Bertz CT molecular complexity index is 6020. The minimum Gasteiger partial charge on any atom is -0.441 e. The number of carbonyl (C=O) groups is 4. The van der Waals surface area contributed by atoms with Gasteiger partial charge in [-0.25, -0.2) is 34.0 Å². The Morgan fingerprint density at radius 2 is 0.740 bits per heavy atom. The van der Waals surface area contributed by atoms with Crippen LogP contribution in [0.25, 0.3) is 88.3 Å². The summed E-state index contributed by atoms with van der Waals surface area (Å²) in [6, 6.07) is 28.4. The molecule has 2 N–H and O–H groups in total. The highest BCUT2D eigenvalue weighted by Gasteiger charge is 2.47. The summed E-state index contributed by atoms with van der Waals surface area (Å²) >= 11 is 0. The van der Waals surface area contributed by atoms with Gasteiger partial charge in [0.15, 0.2) is 60.2 Å². The highest BCUT2D eigenvalue weighted by molar-refractivity contribution is 6.04. The second kappa shape index (κ2) is 37.8. The molecule has 4 aliphatic heterocycles. The van der Waals surface area contributed by atoms with Gasteiger partial charge in [-0.2, -0.15) is 81.2 Å². The molecule has 1 aliphatic carbocycles. The van der Waals surface area contributed by atoms with E-state index < -0.39 is 74.5 Å². The van der Waals surface area contributed by atoms with Gasteiger partial charge in [0.1, 0.15) is 29.3 Å². The average Bonchev–Trinajstić information content (AvgIpc) is 1.78. The monoisotopic (exact) mass is 1790 g/mol. The van der Waals surface area contributed by atoms with Crippen LogP contribution in [0.1, 0.15) is 110 Å². The number of carbonyl (C=O) groups excluding carboxylic acids is 4. The molecular weight excluding hydrogens is 1710 g/mol. The van der Waals surface area contributed by atoms with E-state index in [4.69, 9.17) is 29.1 Å². The number of amides is 1. The number of morpholine rings is 4. The lowest BCUT2D eigenvalue weighted by atomic mass is 10.00. The van der Waals surface area contributed by atoms with E-state index in [9.17, 15) is 89.4 Å². The Morgan fingerprint density at radius 3 is 1.06 bits per heavy atom. The number of hydrogen-bond acceptors (Lipinski definition) is 21. The van der Waals surface area contributed by atoms with Crippen LogP contribution in [0, 0.1) is 6.92 Å². The number of rotatable bonds is 19. The molecule has 12 heterocycles. The zero-order valence-electron chi connectivity index (χ0n) is 68.3. The van der Waals surface area contributed by atoms with Crippen molar-refractivity contribution in [3.05, 3.63) is 191 Å². The molecule has 4 unspecified atom stereocenters. The van der Waals surface area contributed by atoms with E-state index in [0.29, 0.717) is 130 Å². The summed E-state index contributed by atoms with van der Waals surface area (Å²) in [5.41, 5.74) is 15.8. The van der Waals surface area contributed by atoms with Crippen LogP contribution >= 0.6 is 0 Å². The molecule has 0 spiro atoms. The number of primary amides is 1. The third-order valence-electron chi connectivity index (χ3n) is 21.6. The van der Waals surface area contributed by atoms with Crippen LogP contribution in [0.3, 0.4) is 0 Å². The Hall–Kier alpha value is -11.6. The lowest BCUT2D eigenvalue weighted by Gasteiger charge is -2.33. The number of aryl methyl sites for hydroxylation is 1. The highest BCUT2D eigenvalue weighted by atomic mass is 19.4. The summed E-state index contributed by atoms with van der Waals surface area (Å²) in [6.07, 6.45) is -16.2. The number of fused-ring (bicyclic) bond motifs is 4. The third-order valence-corrected chi connectivity index (χ3v) is 21.6. The standard InChI is InChI=1S/C23H23F3N4O2.C21H19F6N5O2.C21H20F4N4O2.C21H20F3N3O3/c1-14(31)20-9-19(16-10-27-30(12-16)17-3-4-17)18-5-2-15(8-21(18)28-20)11-29-6-7-32-22(13-29)23(24,25)26;22-20(23,24)11-32-9-13(7-29-32)15-6-17(19(28)33)30-16-5-12(1-2-14(15)16)8-31-3-4-34-18(10-31)21(25,26)27;1-13(30)18-7-17(15-8-26-29(10-15)12-22)16-3-2-14(6-19(16)27-18)9-28-4-5-31-20(11-28)21(23,24)25;1-12(28)17-8-16(19-9-25-13(2)30-19)15-4-3-14(7-18(15)26-17)10-27-5-6-29-20(11-27)21(22,23)24/h2,5,8-10,12,17,22H,3-4,6-7,11,13H2,1H3;1-2,5-7,9,18H,3-4,8,10-11H2,(H2,28,33);2-3,6-8,10,20H,4-5,9,11-12H2,1H3;3-4,7-9,20H,5-6,10-11H2,1-2H3. The maximum Gasteiger partial charge on any atom is 0.415 e. The Morgan fingerprint density at radius 1 is 0.417 bits per heavy atom. The number of halogens is 16. The van der Waals surface area contributed by atoms with E-state index in [1.165, 1.54) is 51.6 Å². The second-order valence-corrected chi connectivity index (χ2v) is 31.3. The number of ketones is 3. The lowest BCUT2D eigenvalue weighted by molar-refractivity contribution is -0.238. The number of Topliss-reactive ketones (excluding diaryl/α,β-unsaturated/α-hetero) is 3. The number of nitrogens with zero attached hydrogens (tertiary/aromatic N) is 15. The summed E-state index contributed by atoms with van der Waals surface area (Å²) in [5.74, 6) is -0.376. The number of hydrogen-bond donors (Lipinski definition) is 1. The van der Waals surface area contributed by atoms with Crippen molar-refractivity contribution in [3.8, 4) is 44.7 Å². The molecular formula is C86H82F16N16O9. The normalized spacial score (nSPS) is 18.5. The number of alkyl halides is 16. The number of nitrogens with two attached hydrogens (primary N) is 1. The quantitative estimate of drug-likeness (QED) is 0.0582. The molecule has 672 valence electrons. The van der Waals surface area contributed by atoms with Gasteiger partial charge in [0.2, 0.25) is 0 Å². The van der Waals surface area contributed by atoms with Crippen molar-refractivity contribution in [1.82, 2.24) is 73.9 Å². The van der Waals surface area contributed by atoms with Crippen LogP contribution in [0.5, 0.6) is 0 Å². The summed E-state index contributed by atoms with van der Waals surface area (Å²) in [4.78, 5) is 76.4. The van der Waals surface area contributed by atoms with Gasteiger partial charge in [-0.3, -0.25) is 48.1 Å². The number of benzene rings is 4. The van der Waals surface area contributed by atoms with Gasteiger partial charge in [0, 0.05) is 169 Å². The Balaban J connectivity index is 0.000000137. The fourth-order valence-electron chi connectivity index (χ4n) is 15.1. The van der Waals surface area contributed by atoms with E-state index in [2.05, 4.69) is 40.2 Å². The average molecular weight is 1790 g/mol. The minimum absolute atomic E-state index is 0.00714. The smallest absolute Gasteiger partial charge is 0.415 e. The maximum atomic E-state index is 13.0. The molecule has 0 radical (unpaired) electrons. The predicted molar refractivity (Wildman–Crippen MR) is 429 cm³/mol. The van der Waals surface area contributed by atoms with Crippen molar-refractivity contribution >= 4 is 66.9 Å². The number of oxazole rings is 1. The zero-order valence-corrected chi connectivity index (χ0v) is 68.3. The van der Waals surface area contributed by atoms with Gasteiger partial charge in [0.05, 0.1) is 79.3 Å². The van der Waals surface area contributed by atoms with Crippen LogP contribution in [-0.4, -0.2) is 231 Å². The largest absolute Gasteiger partial charge is 0.441 e. The van der Waals surface area contributed by atoms with Crippen LogP contribution in [0.4, 0.5) is 70.2 Å². The summed E-state index contributed by atoms with van der Waals surface area (Å²) in [7, 11) is 0. The molecule has 4 saturated heterocycles. The van der Waals surface area contributed by atoms with E-state index in [1.807, 2.05) is 53.3 Å². The molecule has 41 heteroatoms. The molecule has 12 aromatic rings. The number of ether oxygens (including phenoxy) is 4. The van der Waals surface area contributed by atoms with Crippen molar-refractivity contribution in [2.24, 2.45) is 5.73 Å². The first-order chi connectivity index (χ1) is 60.1. The molecule has 1 saturated carbocycles. The van der Waals surface area contributed by atoms with Gasteiger partial charge in [0.25, 0.3) is 5.91 Å². The SMILES string of the molecule is CC(=O)c1cc(-c2cnc(C)o2)c2ccc(CN3CCOC(C(F)(F)F)C3)cc2n1.CC(=O)c1cc(-c2cnn(C3CC3)c2)c2ccc(CN3CCOC(C(F)(F)F)C3)cc2n1.CC(=O)c1cc(-c2cnn(CF)c2)c2ccc(CN3CCOC(C(F)(F)F)C3)cc2n1.NC(=O)c1cc(-c2cnn(CC(F)(F)F)c2)c2ccc(CN3CCOC(C(F)(F)F)C3)cc2n1. The molecule has 8 aromatic heterocycles. The van der Waals surface area contributed by atoms with Crippen LogP contribution in [-0.2, 0) is 58.5 Å². The molecule has 25 nitrogen and oxygen atoms in total. The molecule has 127 heavy (non-hydrogen) atoms. The van der Waals surface area contributed by atoms with Crippen LogP contribution in [0.15, 0.2) is 145 Å². The van der Waals surface area contributed by atoms with E-state index in [0.717, 1.165) is 66.2 Å². The predicted octanol–water partition coefficient (Wildman–Crippen LogP) is 16.1. The topological polar surface area (TPSA) is 275 Å². The van der Waals surface area contributed by atoms with Crippen LogP contribution < -0.4 is 5.73 Å². The van der Waals surface area contributed by atoms with E-state index in [-0.39, 0.29) is 93.6 Å². The molecule has 5 fully saturated rings. The fraction of sp³-hybridized carbons (Fsp3) is 0.395. The van der Waals surface area contributed by atoms with Gasteiger partial charge < -0.3 is 29.1 Å². The first-order valence-electron chi connectivity index (χ1n) is 40.0. The maximum absolute atomic E-state index is 13.0. The lowest BCUT2D eigenvalue weighted by Crippen LogP contribution is -2.48. The van der Waals surface area contributed by atoms with Gasteiger partial charge in [-0.15, -0.1) is 0 Å². The molecule has 5 aliphatic rings. The molecule has 4 aromatic carbocycles. The van der Waals surface area contributed by atoms with Gasteiger partial charge in [-0.1, -0.05) is 48.5 Å². The number of aromatic nitrogens is 11. The Kier molecular flexibility index (Phi) is 27.2. The van der Waals surface area contributed by atoms with Crippen molar-refractivity contribution in [1.29, 1.82) is 0 Å². The van der Waals surface area contributed by atoms with Crippen LogP contribution in [0.2, 0.25) is 0 Å². The van der Waals surface area contributed by atoms with Crippen molar-refractivity contribution in [2.75, 3.05) is 78.8 Å². The summed E-state index contributed by atoms with van der Waals surface area (Å²) < 4.78 is 236. The Labute approximate surface area is 712 Å². The third kappa shape index (κ3) is 23.1. The second-order valence-electron chi connectivity index (χ2n) is 31.3. The zero-order chi connectivity index (χ0) is 90.8. The minimum atomic E-state index is -4.47. The molecule has 4 atom stereocenters.